The lowest BCUT2D eigenvalue weighted by molar-refractivity contribution is 0.0191. The Bertz CT molecular complexity index is 304. The van der Waals surface area contributed by atoms with E-state index < -0.39 is 0 Å². The van der Waals surface area contributed by atoms with Gasteiger partial charge in [0.2, 0.25) is 0 Å². The van der Waals surface area contributed by atoms with E-state index in [1.54, 1.807) is 11.3 Å². The molecule has 1 rings (SSSR count). The predicted octanol–water partition coefficient (Wildman–Crippen LogP) is 3.26. The minimum atomic E-state index is 0.280. The summed E-state index contributed by atoms with van der Waals surface area (Å²) in [5.74, 6) is 0.500. The van der Waals surface area contributed by atoms with Crippen molar-refractivity contribution >= 4 is 22.9 Å². The molecule has 0 saturated carbocycles. The lowest BCUT2D eigenvalue weighted by atomic mass is 10.3. The van der Waals surface area contributed by atoms with Crippen molar-refractivity contribution in [2.45, 2.75) is 38.7 Å². The summed E-state index contributed by atoms with van der Waals surface area (Å²) >= 11 is 7.36. The van der Waals surface area contributed by atoms with Gasteiger partial charge in [-0.25, -0.2) is 4.98 Å². The molecular weight excluding hydrogens is 258 g/mol. The fourth-order valence-corrected chi connectivity index (χ4v) is 2.36. The van der Waals surface area contributed by atoms with Crippen molar-refractivity contribution in [3.63, 3.8) is 0 Å². The molecule has 0 aliphatic heterocycles. The second kappa shape index (κ2) is 8.86. The van der Waals surface area contributed by atoms with Gasteiger partial charge in [-0.15, -0.1) is 22.9 Å². The van der Waals surface area contributed by atoms with Gasteiger partial charge in [0.25, 0.3) is 0 Å². The number of aryl methyl sites for hydroxylation is 1. The lowest BCUT2D eigenvalue weighted by Crippen LogP contribution is -2.10. The molecule has 0 atom stereocenters. The molecule has 0 aromatic carbocycles. The smallest absolute Gasteiger partial charge is 0.0929 e. The first-order valence-electron chi connectivity index (χ1n) is 5.91. The maximum Gasteiger partial charge on any atom is 0.0929 e. The van der Waals surface area contributed by atoms with E-state index in [1.807, 2.05) is 19.2 Å². The first kappa shape index (κ1) is 14.9. The Hall–Kier alpha value is -0.160. The molecule has 0 spiro atoms. The summed E-state index contributed by atoms with van der Waals surface area (Å²) in [6.07, 6.45) is 2.24. The van der Waals surface area contributed by atoms with Gasteiger partial charge in [-0.2, -0.15) is 0 Å². The summed E-state index contributed by atoms with van der Waals surface area (Å²) < 4.78 is 10.8. The standard InChI is InChI=1S/C12H20ClNO2S/c1-10(2)16-7-6-15-5-3-4-12-14-11(8-13)9-17-12/h9-10H,3-8H2,1-2H3. The molecule has 0 radical (unpaired) electrons. The quantitative estimate of drug-likeness (QED) is 0.513. The summed E-state index contributed by atoms with van der Waals surface area (Å²) in [4.78, 5) is 4.39. The topological polar surface area (TPSA) is 31.4 Å². The Labute approximate surface area is 112 Å². The molecular formula is C12H20ClNO2S. The summed E-state index contributed by atoms with van der Waals surface area (Å²) in [5.41, 5.74) is 0.970. The van der Waals surface area contributed by atoms with Crippen molar-refractivity contribution in [2.75, 3.05) is 19.8 Å². The molecule has 17 heavy (non-hydrogen) atoms. The summed E-state index contributed by atoms with van der Waals surface area (Å²) in [5, 5.41) is 3.15. The van der Waals surface area contributed by atoms with Crippen LogP contribution in [-0.2, 0) is 21.8 Å². The Kier molecular flexibility index (Phi) is 7.77. The van der Waals surface area contributed by atoms with Crippen molar-refractivity contribution in [1.82, 2.24) is 4.98 Å². The minimum Gasteiger partial charge on any atom is -0.379 e. The van der Waals surface area contributed by atoms with Crippen LogP contribution in [0.3, 0.4) is 0 Å². The van der Waals surface area contributed by atoms with Crippen LogP contribution in [0.15, 0.2) is 5.38 Å². The van der Waals surface area contributed by atoms with Gasteiger partial charge in [0.05, 0.1) is 35.9 Å². The SMILES string of the molecule is CC(C)OCCOCCCc1nc(CCl)cs1. The molecule has 1 heterocycles. The van der Waals surface area contributed by atoms with Crippen LogP contribution in [0.25, 0.3) is 0 Å². The van der Waals surface area contributed by atoms with E-state index in [-0.39, 0.29) is 6.10 Å². The van der Waals surface area contributed by atoms with Crippen LogP contribution < -0.4 is 0 Å². The molecule has 5 heteroatoms. The predicted molar refractivity (Wildman–Crippen MR) is 71.9 cm³/mol. The Morgan fingerprint density at radius 3 is 2.82 bits per heavy atom. The number of hydrogen-bond donors (Lipinski definition) is 0. The molecule has 0 aliphatic rings. The van der Waals surface area contributed by atoms with Gasteiger partial charge in [-0.3, -0.25) is 0 Å². The number of ether oxygens (including phenoxy) is 2. The Balaban J connectivity index is 1.97. The average molecular weight is 278 g/mol. The van der Waals surface area contributed by atoms with Crippen LogP contribution >= 0.6 is 22.9 Å². The van der Waals surface area contributed by atoms with E-state index in [1.165, 1.54) is 0 Å². The largest absolute Gasteiger partial charge is 0.379 e. The molecule has 0 N–H and O–H groups in total. The van der Waals surface area contributed by atoms with Crippen molar-refractivity contribution in [2.24, 2.45) is 0 Å². The zero-order chi connectivity index (χ0) is 12.5. The zero-order valence-corrected chi connectivity index (χ0v) is 12.0. The number of nitrogens with zero attached hydrogens (tertiary/aromatic N) is 1. The fraction of sp³-hybridized carbons (Fsp3) is 0.750. The Morgan fingerprint density at radius 2 is 2.18 bits per heavy atom. The normalized spacial score (nSPS) is 11.3. The monoisotopic (exact) mass is 277 g/mol. The van der Waals surface area contributed by atoms with Crippen LogP contribution in [0.5, 0.6) is 0 Å². The van der Waals surface area contributed by atoms with Crippen LogP contribution in [0.2, 0.25) is 0 Å². The van der Waals surface area contributed by atoms with E-state index in [9.17, 15) is 0 Å². The van der Waals surface area contributed by atoms with E-state index in [4.69, 9.17) is 21.1 Å². The second-order valence-electron chi connectivity index (χ2n) is 4.00. The molecule has 0 aliphatic carbocycles. The van der Waals surface area contributed by atoms with E-state index in [2.05, 4.69) is 4.98 Å². The third kappa shape index (κ3) is 6.99. The third-order valence-electron chi connectivity index (χ3n) is 2.09. The molecule has 1 aromatic heterocycles. The number of thiazole rings is 1. The highest BCUT2D eigenvalue weighted by Crippen LogP contribution is 2.13. The maximum atomic E-state index is 5.69. The van der Waals surface area contributed by atoms with Gasteiger partial charge < -0.3 is 9.47 Å². The molecule has 0 saturated heterocycles. The molecule has 0 unspecified atom stereocenters. The van der Waals surface area contributed by atoms with Crippen LogP contribution in [0, 0.1) is 0 Å². The first-order chi connectivity index (χ1) is 8.22. The Morgan fingerprint density at radius 1 is 1.35 bits per heavy atom. The summed E-state index contributed by atoms with van der Waals surface area (Å²) in [6.45, 7) is 6.15. The zero-order valence-electron chi connectivity index (χ0n) is 10.4. The van der Waals surface area contributed by atoms with Crippen LogP contribution in [0.1, 0.15) is 31.0 Å². The van der Waals surface area contributed by atoms with Crippen LogP contribution in [0.4, 0.5) is 0 Å². The van der Waals surface area contributed by atoms with Crippen molar-refractivity contribution in [1.29, 1.82) is 0 Å². The van der Waals surface area contributed by atoms with E-state index >= 15 is 0 Å². The van der Waals surface area contributed by atoms with E-state index in [0.717, 1.165) is 30.2 Å². The summed E-state index contributed by atoms with van der Waals surface area (Å²) in [6, 6.07) is 0. The van der Waals surface area contributed by atoms with Gasteiger partial charge >= 0.3 is 0 Å². The van der Waals surface area contributed by atoms with Gasteiger partial charge in [0, 0.05) is 18.4 Å². The molecule has 0 bridgehead atoms. The number of halogens is 1. The average Bonchev–Trinajstić information content (AvgIpc) is 2.75. The first-order valence-corrected chi connectivity index (χ1v) is 7.32. The highest BCUT2D eigenvalue weighted by molar-refractivity contribution is 7.09. The van der Waals surface area contributed by atoms with Gasteiger partial charge in [0.1, 0.15) is 0 Å². The molecule has 3 nitrogen and oxygen atoms in total. The highest BCUT2D eigenvalue weighted by atomic mass is 35.5. The molecule has 98 valence electrons. The number of rotatable bonds is 9. The van der Waals surface area contributed by atoms with Gasteiger partial charge in [0.15, 0.2) is 0 Å². The van der Waals surface area contributed by atoms with Crippen molar-refractivity contribution in [3.05, 3.63) is 16.1 Å². The minimum absolute atomic E-state index is 0.280. The second-order valence-corrected chi connectivity index (χ2v) is 5.21. The molecule has 0 fully saturated rings. The highest BCUT2D eigenvalue weighted by Gasteiger charge is 2.00. The number of alkyl halides is 1. The van der Waals surface area contributed by atoms with Crippen LogP contribution in [-0.4, -0.2) is 30.9 Å². The number of hydrogen-bond acceptors (Lipinski definition) is 4. The van der Waals surface area contributed by atoms with Crippen molar-refractivity contribution in [3.8, 4) is 0 Å². The fourth-order valence-electron chi connectivity index (χ4n) is 1.30. The maximum absolute atomic E-state index is 5.69. The molecule has 1 aromatic rings. The van der Waals surface area contributed by atoms with Crippen molar-refractivity contribution < 1.29 is 9.47 Å². The van der Waals surface area contributed by atoms with Gasteiger partial charge in [-0.1, -0.05) is 0 Å². The molecule has 0 amide bonds. The van der Waals surface area contributed by atoms with E-state index in [0.29, 0.717) is 19.1 Å². The lowest BCUT2D eigenvalue weighted by Gasteiger charge is -2.07. The summed E-state index contributed by atoms with van der Waals surface area (Å²) in [7, 11) is 0. The third-order valence-corrected chi connectivity index (χ3v) is 3.33. The van der Waals surface area contributed by atoms with Gasteiger partial charge in [-0.05, 0) is 20.3 Å². The number of aromatic nitrogens is 1.